The van der Waals surface area contributed by atoms with Gasteiger partial charge in [0.05, 0.1) is 6.26 Å². The van der Waals surface area contributed by atoms with Crippen molar-refractivity contribution in [2.24, 2.45) is 0 Å². The number of likely N-dealkylation sites (tertiary alicyclic amines) is 1. The fourth-order valence-corrected chi connectivity index (χ4v) is 3.44. The fraction of sp³-hybridized carbons (Fsp3) is 0.533. The molecule has 1 aromatic rings. The molecule has 1 aliphatic heterocycles. The first-order valence-electron chi connectivity index (χ1n) is 7.58. The van der Waals surface area contributed by atoms with E-state index in [2.05, 4.69) is 10.0 Å². The second kappa shape index (κ2) is 7.74. The SMILES string of the molecule is CS(=O)(=O)N[C@H]1CCCN(C(=O)NCCc2ccc(F)cc2)C1. The molecule has 1 saturated heterocycles. The quantitative estimate of drug-likeness (QED) is 0.840. The minimum absolute atomic E-state index is 0.202. The van der Waals surface area contributed by atoms with E-state index >= 15 is 0 Å². The number of halogens is 1. The number of benzene rings is 1. The zero-order chi connectivity index (χ0) is 16.9. The molecule has 2 N–H and O–H groups in total. The standard InChI is InChI=1S/C15H22FN3O3S/c1-23(21,22)18-14-3-2-10-19(11-14)15(20)17-9-8-12-4-6-13(16)7-5-12/h4-7,14,18H,2-3,8-11H2,1H3,(H,17,20)/t14-/m0/s1. The number of carbonyl (C=O) groups is 1. The lowest BCUT2D eigenvalue weighted by atomic mass is 10.1. The third-order valence-corrected chi connectivity index (χ3v) is 4.45. The molecule has 0 spiro atoms. The largest absolute Gasteiger partial charge is 0.338 e. The number of rotatable bonds is 5. The van der Waals surface area contributed by atoms with Crippen LogP contribution in [0.25, 0.3) is 0 Å². The van der Waals surface area contributed by atoms with E-state index in [0.29, 0.717) is 26.1 Å². The first-order chi connectivity index (χ1) is 10.8. The second-order valence-corrected chi connectivity index (χ2v) is 7.56. The van der Waals surface area contributed by atoms with Gasteiger partial charge in [-0.3, -0.25) is 0 Å². The van der Waals surface area contributed by atoms with E-state index in [-0.39, 0.29) is 17.9 Å². The van der Waals surface area contributed by atoms with Crippen LogP contribution < -0.4 is 10.0 Å². The highest BCUT2D eigenvalue weighted by Crippen LogP contribution is 2.11. The monoisotopic (exact) mass is 343 g/mol. The Balaban J connectivity index is 1.77. The predicted octanol–water partition coefficient (Wildman–Crippen LogP) is 1.09. The van der Waals surface area contributed by atoms with Crippen LogP contribution in [-0.4, -0.2) is 51.3 Å². The predicted molar refractivity (Wildman–Crippen MR) is 86.1 cm³/mol. The molecular formula is C15H22FN3O3S. The molecule has 1 aromatic carbocycles. The molecule has 128 valence electrons. The number of urea groups is 1. The zero-order valence-electron chi connectivity index (χ0n) is 13.1. The molecule has 23 heavy (non-hydrogen) atoms. The van der Waals surface area contributed by atoms with Crippen LogP contribution in [0.2, 0.25) is 0 Å². The zero-order valence-corrected chi connectivity index (χ0v) is 13.9. The van der Waals surface area contributed by atoms with Gasteiger partial charge in [0.15, 0.2) is 0 Å². The summed E-state index contributed by atoms with van der Waals surface area (Å²) in [5.74, 6) is -0.282. The Morgan fingerprint density at radius 3 is 2.70 bits per heavy atom. The van der Waals surface area contributed by atoms with Crippen LogP contribution in [0.1, 0.15) is 18.4 Å². The Hall–Kier alpha value is -1.67. The van der Waals surface area contributed by atoms with E-state index in [1.54, 1.807) is 17.0 Å². The summed E-state index contributed by atoms with van der Waals surface area (Å²) in [4.78, 5) is 13.8. The second-order valence-electron chi connectivity index (χ2n) is 5.78. The lowest BCUT2D eigenvalue weighted by Crippen LogP contribution is -2.52. The van der Waals surface area contributed by atoms with E-state index in [0.717, 1.165) is 24.7 Å². The normalized spacial score (nSPS) is 18.7. The van der Waals surface area contributed by atoms with Crippen LogP contribution in [0.3, 0.4) is 0 Å². The Morgan fingerprint density at radius 2 is 2.04 bits per heavy atom. The van der Waals surface area contributed by atoms with Crippen molar-refractivity contribution in [3.63, 3.8) is 0 Å². The van der Waals surface area contributed by atoms with Crippen molar-refractivity contribution in [2.45, 2.75) is 25.3 Å². The van der Waals surface area contributed by atoms with Crippen molar-refractivity contribution in [3.05, 3.63) is 35.6 Å². The number of nitrogens with one attached hydrogen (secondary N) is 2. The van der Waals surface area contributed by atoms with Crippen LogP contribution in [0.15, 0.2) is 24.3 Å². The van der Waals surface area contributed by atoms with Crippen molar-refractivity contribution in [1.82, 2.24) is 14.9 Å². The van der Waals surface area contributed by atoms with E-state index in [9.17, 15) is 17.6 Å². The van der Waals surface area contributed by atoms with Gasteiger partial charge in [-0.05, 0) is 37.0 Å². The van der Waals surface area contributed by atoms with Gasteiger partial charge in [0, 0.05) is 25.7 Å². The number of piperidine rings is 1. The van der Waals surface area contributed by atoms with Gasteiger partial charge in [-0.2, -0.15) is 0 Å². The van der Waals surface area contributed by atoms with E-state index in [1.165, 1.54) is 12.1 Å². The number of sulfonamides is 1. The third kappa shape index (κ3) is 6.15. The average Bonchev–Trinajstić information content (AvgIpc) is 2.48. The third-order valence-electron chi connectivity index (χ3n) is 3.69. The van der Waals surface area contributed by atoms with Crippen molar-refractivity contribution in [1.29, 1.82) is 0 Å². The van der Waals surface area contributed by atoms with Gasteiger partial charge in [-0.1, -0.05) is 12.1 Å². The number of hydrogen-bond donors (Lipinski definition) is 2. The Kier molecular flexibility index (Phi) is 5.95. The molecule has 2 amide bonds. The fourth-order valence-electron chi connectivity index (χ4n) is 2.64. The molecule has 0 unspecified atom stereocenters. The Morgan fingerprint density at radius 1 is 1.35 bits per heavy atom. The number of carbonyl (C=O) groups excluding carboxylic acids is 1. The average molecular weight is 343 g/mol. The Bertz CT molecular complexity index is 634. The lowest BCUT2D eigenvalue weighted by molar-refractivity contribution is 0.177. The Labute approximate surface area is 136 Å². The van der Waals surface area contributed by atoms with E-state index in [4.69, 9.17) is 0 Å². The van der Waals surface area contributed by atoms with Gasteiger partial charge in [-0.25, -0.2) is 22.3 Å². The summed E-state index contributed by atoms with van der Waals surface area (Å²) in [6, 6.07) is 5.73. The highest BCUT2D eigenvalue weighted by atomic mass is 32.2. The molecule has 0 aromatic heterocycles. The summed E-state index contributed by atoms with van der Waals surface area (Å²) in [5, 5.41) is 2.81. The van der Waals surface area contributed by atoms with Gasteiger partial charge in [0.25, 0.3) is 0 Å². The van der Waals surface area contributed by atoms with Crippen molar-refractivity contribution < 1.29 is 17.6 Å². The van der Waals surface area contributed by atoms with Crippen LogP contribution in [0.4, 0.5) is 9.18 Å². The van der Waals surface area contributed by atoms with Crippen LogP contribution >= 0.6 is 0 Å². The van der Waals surface area contributed by atoms with Crippen LogP contribution in [-0.2, 0) is 16.4 Å². The van der Waals surface area contributed by atoms with Crippen molar-refractivity contribution in [2.75, 3.05) is 25.9 Å². The molecular weight excluding hydrogens is 321 g/mol. The first-order valence-corrected chi connectivity index (χ1v) is 9.47. The number of amides is 2. The first kappa shape index (κ1) is 17.7. The van der Waals surface area contributed by atoms with Gasteiger partial charge < -0.3 is 10.2 Å². The highest BCUT2D eigenvalue weighted by Gasteiger charge is 2.25. The minimum Gasteiger partial charge on any atom is -0.338 e. The van der Waals surface area contributed by atoms with E-state index < -0.39 is 10.0 Å². The molecule has 0 radical (unpaired) electrons. The summed E-state index contributed by atoms with van der Waals surface area (Å²) >= 11 is 0. The molecule has 0 saturated carbocycles. The summed E-state index contributed by atoms with van der Waals surface area (Å²) in [6.07, 6.45) is 3.23. The molecule has 1 fully saturated rings. The number of hydrogen-bond acceptors (Lipinski definition) is 3. The maximum atomic E-state index is 12.8. The minimum atomic E-state index is -3.27. The molecule has 1 atom stereocenters. The molecule has 1 heterocycles. The van der Waals surface area contributed by atoms with Crippen LogP contribution in [0, 0.1) is 5.82 Å². The van der Waals surface area contributed by atoms with Crippen LogP contribution in [0.5, 0.6) is 0 Å². The van der Waals surface area contributed by atoms with Crippen molar-refractivity contribution >= 4 is 16.1 Å². The van der Waals surface area contributed by atoms with Gasteiger partial charge >= 0.3 is 6.03 Å². The maximum Gasteiger partial charge on any atom is 0.317 e. The number of nitrogens with zero attached hydrogens (tertiary/aromatic N) is 1. The molecule has 8 heteroatoms. The molecule has 6 nitrogen and oxygen atoms in total. The topological polar surface area (TPSA) is 78.5 Å². The lowest BCUT2D eigenvalue weighted by Gasteiger charge is -2.32. The molecule has 2 rings (SSSR count). The smallest absolute Gasteiger partial charge is 0.317 e. The summed E-state index contributed by atoms with van der Waals surface area (Å²) < 4.78 is 37.9. The molecule has 0 aliphatic carbocycles. The maximum absolute atomic E-state index is 12.8. The molecule has 1 aliphatic rings. The van der Waals surface area contributed by atoms with Gasteiger partial charge in [0.2, 0.25) is 10.0 Å². The highest BCUT2D eigenvalue weighted by molar-refractivity contribution is 7.88. The summed E-state index contributed by atoms with van der Waals surface area (Å²) in [5.41, 5.74) is 0.946. The van der Waals surface area contributed by atoms with E-state index in [1.807, 2.05) is 0 Å². The van der Waals surface area contributed by atoms with Crippen molar-refractivity contribution in [3.8, 4) is 0 Å². The summed E-state index contributed by atoms with van der Waals surface area (Å²) in [6.45, 7) is 1.44. The van der Waals surface area contributed by atoms with Gasteiger partial charge in [0.1, 0.15) is 5.82 Å². The summed E-state index contributed by atoms with van der Waals surface area (Å²) in [7, 11) is -3.27. The molecule has 0 bridgehead atoms. The van der Waals surface area contributed by atoms with Gasteiger partial charge in [-0.15, -0.1) is 0 Å².